The van der Waals surface area contributed by atoms with Gasteiger partial charge in [0.1, 0.15) is 5.75 Å². The third kappa shape index (κ3) is 4.33. The van der Waals surface area contributed by atoms with E-state index in [9.17, 15) is 4.79 Å². The number of carbonyl (C=O) groups excluding carboxylic acids is 1. The lowest BCUT2D eigenvalue weighted by atomic mass is 10.1. The lowest BCUT2D eigenvalue weighted by Gasteiger charge is -2.16. The first-order chi connectivity index (χ1) is 9.95. The number of nitrogens with one attached hydrogen (secondary N) is 1. The normalized spacial score (nSPS) is 11.8. The molecule has 3 nitrogen and oxygen atoms in total. The molecule has 4 heteroatoms. The molecule has 0 saturated heterocycles. The molecule has 2 rings (SSSR count). The van der Waals surface area contributed by atoms with Crippen LogP contribution in [0.3, 0.4) is 0 Å². The van der Waals surface area contributed by atoms with E-state index in [-0.39, 0.29) is 5.91 Å². The molecule has 1 N–H and O–H groups in total. The number of carbonyl (C=O) groups is 1. The van der Waals surface area contributed by atoms with Crippen molar-refractivity contribution in [3.8, 4) is 5.75 Å². The van der Waals surface area contributed by atoms with E-state index >= 15 is 0 Å². The van der Waals surface area contributed by atoms with Crippen LogP contribution in [0.5, 0.6) is 5.75 Å². The Labute approximate surface area is 133 Å². The molecule has 0 spiro atoms. The van der Waals surface area contributed by atoms with Crippen molar-refractivity contribution in [1.82, 2.24) is 0 Å². The monoisotopic (exact) mass is 347 g/mol. The minimum absolute atomic E-state index is 0.172. The summed E-state index contributed by atoms with van der Waals surface area (Å²) in [4.78, 5) is 12.2. The van der Waals surface area contributed by atoms with E-state index in [1.807, 2.05) is 56.3 Å². The van der Waals surface area contributed by atoms with Gasteiger partial charge >= 0.3 is 0 Å². The number of hydrogen-bond acceptors (Lipinski definition) is 2. The van der Waals surface area contributed by atoms with Gasteiger partial charge in [0.05, 0.1) is 0 Å². The van der Waals surface area contributed by atoms with E-state index in [1.165, 1.54) is 0 Å². The maximum absolute atomic E-state index is 12.2. The van der Waals surface area contributed by atoms with Crippen LogP contribution in [0.15, 0.2) is 46.9 Å². The molecule has 0 bridgehead atoms. The largest absolute Gasteiger partial charge is 0.481 e. The van der Waals surface area contributed by atoms with Crippen LogP contribution in [0.2, 0.25) is 0 Å². The smallest absolute Gasteiger partial charge is 0.265 e. The van der Waals surface area contributed by atoms with E-state index in [0.717, 1.165) is 27.0 Å². The number of aryl methyl sites for hydroxylation is 2. The third-order valence-corrected chi connectivity index (χ3v) is 3.60. The minimum atomic E-state index is -0.565. The summed E-state index contributed by atoms with van der Waals surface area (Å²) in [5.74, 6) is 0.570. The predicted molar refractivity (Wildman–Crippen MR) is 88.8 cm³/mol. The lowest BCUT2D eigenvalue weighted by molar-refractivity contribution is -0.122. The number of rotatable bonds is 4. The van der Waals surface area contributed by atoms with Crippen LogP contribution in [0.1, 0.15) is 18.1 Å². The summed E-state index contributed by atoms with van der Waals surface area (Å²) < 4.78 is 6.69. The highest BCUT2D eigenvalue weighted by atomic mass is 79.9. The Kier molecular flexibility index (Phi) is 5.02. The number of hydrogen-bond donors (Lipinski definition) is 1. The molecule has 0 aliphatic carbocycles. The Morgan fingerprint density at radius 3 is 2.67 bits per heavy atom. The predicted octanol–water partition coefficient (Wildman–Crippen LogP) is 4.47. The summed E-state index contributed by atoms with van der Waals surface area (Å²) >= 11 is 3.38. The van der Waals surface area contributed by atoms with Gasteiger partial charge in [-0.15, -0.1) is 0 Å². The number of anilines is 1. The molecule has 0 unspecified atom stereocenters. The number of halogens is 1. The second-order valence-corrected chi connectivity index (χ2v) is 5.94. The SMILES string of the molecule is Cc1ccc(C)c(O[C@@H](C)C(=O)Nc2cccc(Br)c2)c1. The van der Waals surface area contributed by atoms with Crippen LogP contribution in [-0.4, -0.2) is 12.0 Å². The van der Waals surface area contributed by atoms with Gasteiger partial charge in [-0.25, -0.2) is 0 Å². The fraction of sp³-hybridized carbons (Fsp3) is 0.235. The van der Waals surface area contributed by atoms with Crippen LogP contribution in [0, 0.1) is 13.8 Å². The van der Waals surface area contributed by atoms with Crippen LogP contribution in [-0.2, 0) is 4.79 Å². The van der Waals surface area contributed by atoms with Gasteiger partial charge < -0.3 is 10.1 Å². The van der Waals surface area contributed by atoms with Gasteiger partial charge in [-0.05, 0) is 56.2 Å². The maximum atomic E-state index is 12.2. The Morgan fingerprint density at radius 2 is 1.95 bits per heavy atom. The highest BCUT2D eigenvalue weighted by Crippen LogP contribution is 2.21. The summed E-state index contributed by atoms with van der Waals surface area (Å²) in [6.07, 6.45) is -0.565. The van der Waals surface area contributed by atoms with E-state index in [1.54, 1.807) is 6.92 Å². The molecular weight excluding hydrogens is 330 g/mol. The average molecular weight is 348 g/mol. The van der Waals surface area contributed by atoms with Crippen molar-refractivity contribution in [2.75, 3.05) is 5.32 Å². The van der Waals surface area contributed by atoms with Crippen molar-refractivity contribution < 1.29 is 9.53 Å². The van der Waals surface area contributed by atoms with Gasteiger partial charge in [0.25, 0.3) is 5.91 Å². The molecule has 1 amide bonds. The first-order valence-electron chi connectivity index (χ1n) is 6.76. The van der Waals surface area contributed by atoms with Crippen molar-refractivity contribution >= 4 is 27.5 Å². The fourth-order valence-corrected chi connectivity index (χ4v) is 2.29. The van der Waals surface area contributed by atoms with E-state index in [2.05, 4.69) is 21.2 Å². The van der Waals surface area contributed by atoms with Crippen molar-refractivity contribution in [1.29, 1.82) is 0 Å². The molecule has 0 heterocycles. The van der Waals surface area contributed by atoms with Gasteiger partial charge in [-0.1, -0.05) is 34.1 Å². The third-order valence-electron chi connectivity index (χ3n) is 3.11. The van der Waals surface area contributed by atoms with Crippen molar-refractivity contribution in [3.05, 3.63) is 58.1 Å². The van der Waals surface area contributed by atoms with E-state index < -0.39 is 6.10 Å². The Bertz CT molecular complexity index is 655. The van der Waals surface area contributed by atoms with E-state index in [0.29, 0.717) is 0 Å². The Balaban J connectivity index is 2.04. The maximum Gasteiger partial charge on any atom is 0.265 e. The van der Waals surface area contributed by atoms with Crippen LogP contribution in [0.4, 0.5) is 5.69 Å². The molecule has 2 aromatic rings. The summed E-state index contributed by atoms with van der Waals surface area (Å²) in [6.45, 7) is 5.71. The van der Waals surface area contributed by atoms with Crippen molar-refractivity contribution in [3.63, 3.8) is 0 Å². The minimum Gasteiger partial charge on any atom is -0.481 e. The van der Waals surface area contributed by atoms with Gasteiger partial charge in [-0.3, -0.25) is 4.79 Å². The molecule has 110 valence electrons. The summed E-state index contributed by atoms with van der Waals surface area (Å²) in [5, 5.41) is 2.84. The van der Waals surface area contributed by atoms with Gasteiger partial charge in [-0.2, -0.15) is 0 Å². The zero-order valence-corrected chi connectivity index (χ0v) is 13.9. The summed E-state index contributed by atoms with van der Waals surface area (Å²) in [6, 6.07) is 13.4. The molecule has 0 aromatic heterocycles. The topological polar surface area (TPSA) is 38.3 Å². The lowest BCUT2D eigenvalue weighted by Crippen LogP contribution is -2.30. The van der Waals surface area contributed by atoms with Crippen molar-refractivity contribution in [2.45, 2.75) is 26.9 Å². The molecule has 0 saturated carbocycles. The standard InChI is InChI=1S/C17H18BrNO2/c1-11-7-8-12(2)16(9-11)21-13(3)17(20)19-15-6-4-5-14(18)10-15/h4-10,13H,1-3H3,(H,19,20)/t13-/m0/s1. The Hall–Kier alpha value is -1.81. The molecule has 1 atom stereocenters. The molecule has 0 aliphatic rings. The average Bonchev–Trinajstić information content (AvgIpc) is 2.43. The van der Waals surface area contributed by atoms with Crippen LogP contribution < -0.4 is 10.1 Å². The molecule has 21 heavy (non-hydrogen) atoms. The summed E-state index contributed by atoms with van der Waals surface area (Å²) in [7, 11) is 0. The molecule has 0 aliphatic heterocycles. The van der Waals surface area contributed by atoms with Crippen LogP contribution >= 0.6 is 15.9 Å². The Morgan fingerprint density at radius 1 is 1.19 bits per heavy atom. The van der Waals surface area contributed by atoms with Gasteiger partial charge in [0.15, 0.2) is 6.10 Å². The molecule has 0 fully saturated rings. The van der Waals surface area contributed by atoms with E-state index in [4.69, 9.17) is 4.74 Å². The van der Waals surface area contributed by atoms with Crippen LogP contribution in [0.25, 0.3) is 0 Å². The van der Waals surface area contributed by atoms with Crippen molar-refractivity contribution in [2.24, 2.45) is 0 Å². The molecule has 2 aromatic carbocycles. The molecular formula is C17H18BrNO2. The highest BCUT2D eigenvalue weighted by Gasteiger charge is 2.16. The quantitative estimate of drug-likeness (QED) is 0.885. The molecule has 0 radical (unpaired) electrons. The zero-order valence-electron chi connectivity index (χ0n) is 12.3. The highest BCUT2D eigenvalue weighted by molar-refractivity contribution is 9.10. The zero-order chi connectivity index (χ0) is 15.4. The number of benzene rings is 2. The second kappa shape index (κ2) is 6.76. The van der Waals surface area contributed by atoms with Gasteiger partial charge in [0.2, 0.25) is 0 Å². The first-order valence-corrected chi connectivity index (χ1v) is 7.55. The van der Waals surface area contributed by atoms with Gasteiger partial charge in [0, 0.05) is 10.2 Å². The second-order valence-electron chi connectivity index (χ2n) is 5.03. The fourth-order valence-electron chi connectivity index (χ4n) is 1.89. The number of ether oxygens (including phenoxy) is 1. The summed E-state index contributed by atoms with van der Waals surface area (Å²) in [5.41, 5.74) is 2.86. The number of amides is 1. The first kappa shape index (κ1) is 15.6.